The first kappa shape index (κ1) is 15.4. The van der Waals surface area contributed by atoms with Crippen molar-refractivity contribution in [2.24, 2.45) is 5.92 Å². The first-order valence-electron chi connectivity index (χ1n) is 7.22. The van der Waals surface area contributed by atoms with E-state index in [0.29, 0.717) is 19.5 Å². The van der Waals surface area contributed by atoms with E-state index in [0.717, 1.165) is 11.3 Å². The standard InChI is InChI=1S/C16H21NO4/c1-11(2)21-14-6-4-3-5-12(14)9-15(18)17-8-7-13(10-17)16(19)20/h3-6,11,13H,7-10H2,1-2H3,(H,19,20)/t13-/m0/s1. The summed E-state index contributed by atoms with van der Waals surface area (Å²) in [5, 5.41) is 8.99. The maximum Gasteiger partial charge on any atom is 0.308 e. The summed E-state index contributed by atoms with van der Waals surface area (Å²) < 4.78 is 5.70. The summed E-state index contributed by atoms with van der Waals surface area (Å²) in [6.07, 6.45) is 0.824. The maximum absolute atomic E-state index is 12.3. The van der Waals surface area contributed by atoms with E-state index in [1.807, 2.05) is 38.1 Å². The van der Waals surface area contributed by atoms with Gasteiger partial charge in [0.15, 0.2) is 0 Å². The van der Waals surface area contributed by atoms with E-state index in [1.54, 1.807) is 4.90 Å². The maximum atomic E-state index is 12.3. The van der Waals surface area contributed by atoms with Gasteiger partial charge in [0.05, 0.1) is 18.4 Å². The number of amides is 1. The first-order chi connectivity index (χ1) is 9.97. The Kier molecular flexibility index (Phi) is 4.83. The Bertz CT molecular complexity index is 527. The van der Waals surface area contributed by atoms with Crippen molar-refractivity contribution in [2.45, 2.75) is 32.8 Å². The molecule has 1 N–H and O–H groups in total. The van der Waals surface area contributed by atoms with Gasteiger partial charge in [-0.15, -0.1) is 0 Å². The number of carboxylic acids is 1. The molecule has 0 radical (unpaired) electrons. The van der Waals surface area contributed by atoms with Crippen molar-refractivity contribution in [1.29, 1.82) is 0 Å². The van der Waals surface area contributed by atoms with E-state index < -0.39 is 11.9 Å². The van der Waals surface area contributed by atoms with Gasteiger partial charge in [-0.2, -0.15) is 0 Å². The van der Waals surface area contributed by atoms with E-state index in [-0.39, 0.29) is 18.4 Å². The minimum atomic E-state index is -0.825. The minimum Gasteiger partial charge on any atom is -0.491 e. The SMILES string of the molecule is CC(C)Oc1ccccc1CC(=O)N1CC[C@H](C(=O)O)C1. The highest BCUT2D eigenvalue weighted by Crippen LogP contribution is 2.22. The summed E-state index contributed by atoms with van der Waals surface area (Å²) in [6.45, 7) is 4.71. The van der Waals surface area contributed by atoms with Crippen LogP contribution in [0.25, 0.3) is 0 Å². The molecular weight excluding hydrogens is 270 g/mol. The highest BCUT2D eigenvalue weighted by atomic mass is 16.5. The third-order valence-corrected chi connectivity index (χ3v) is 3.57. The van der Waals surface area contributed by atoms with Crippen LogP contribution in [0.2, 0.25) is 0 Å². The molecule has 1 saturated heterocycles. The van der Waals surface area contributed by atoms with Gasteiger partial charge in [-0.1, -0.05) is 18.2 Å². The summed E-state index contributed by atoms with van der Waals surface area (Å²) in [6, 6.07) is 7.48. The van der Waals surface area contributed by atoms with Crippen LogP contribution in [0.4, 0.5) is 0 Å². The average molecular weight is 291 g/mol. The molecule has 1 amide bonds. The minimum absolute atomic E-state index is 0.0430. The lowest BCUT2D eigenvalue weighted by Gasteiger charge is -2.18. The monoisotopic (exact) mass is 291 g/mol. The molecule has 1 fully saturated rings. The van der Waals surface area contributed by atoms with E-state index in [2.05, 4.69) is 0 Å². The topological polar surface area (TPSA) is 66.8 Å². The fourth-order valence-corrected chi connectivity index (χ4v) is 2.48. The van der Waals surface area contributed by atoms with Crippen LogP contribution in [-0.2, 0) is 16.0 Å². The largest absolute Gasteiger partial charge is 0.491 e. The van der Waals surface area contributed by atoms with Gasteiger partial charge < -0.3 is 14.7 Å². The van der Waals surface area contributed by atoms with Crippen molar-refractivity contribution < 1.29 is 19.4 Å². The molecule has 0 bridgehead atoms. The predicted molar refractivity (Wildman–Crippen MR) is 78.2 cm³/mol. The Morgan fingerprint density at radius 1 is 1.38 bits per heavy atom. The second kappa shape index (κ2) is 6.61. The number of carboxylic acid groups (broad SMARTS) is 1. The van der Waals surface area contributed by atoms with Crippen LogP contribution in [0, 0.1) is 5.92 Å². The lowest BCUT2D eigenvalue weighted by atomic mass is 10.1. The third-order valence-electron chi connectivity index (χ3n) is 3.57. The molecule has 114 valence electrons. The van der Waals surface area contributed by atoms with E-state index in [1.165, 1.54) is 0 Å². The van der Waals surface area contributed by atoms with Gasteiger partial charge in [0.2, 0.25) is 5.91 Å². The number of benzene rings is 1. The first-order valence-corrected chi connectivity index (χ1v) is 7.22. The van der Waals surface area contributed by atoms with Crippen LogP contribution in [0.1, 0.15) is 25.8 Å². The fourth-order valence-electron chi connectivity index (χ4n) is 2.48. The molecule has 0 unspecified atom stereocenters. The predicted octanol–water partition coefficient (Wildman–Crippen LogP) is 1.95. The number of hydrogen-bond donors (Lipinski definition) is 1. The van der Waals surface area contributed by atoms with Crippen LogP contribution < -0.4 is 4.74 Å². The van der Waals surface area contributed by atoms with Crippen LogP contribution in [0.5, 0.6) is 5.75 Å². The molecule has 1 heterocycles. The molecule has 1 aliphatic heterocycles. The van der Waals surface area contributed by atoms with Crippen molar-refractivity contribution in [1.82, 2.24) is 4.90 Å². The highest BCUT2D eigenvalue weighted by Gasteiger charge is 2.30. The van der Waals surface area contributed by atoms with Gasteiger partial charge in [-0.3, -0.25) is 9.59 Å². The molecule has 2 rings (SSSR count). The quantitative estimate of drug-likeness (QED) is 0.900. The zero-order chi connectivity index (χ0) is 15.4. The Balaban J connectivity index is 2.02. The summed E-state index contributed by atoms with van der Waals surface area (Å²) in [4.78, 5) is 24.9. The number of ether oxygens (including phenoxy) is 1. The van der Waals surface area contributed by atoms with Gasteiger partial charge in [0, 0.05) is 18.7 Å². The van der Waals surface area contributed by atoms with Crippen molar-refractivity contribution >= 4 is 11.9 Å². The normalized spacial score (nSPS) is 18.0. The summed E-state index contributed by atoms with van der Waals surface area (Å²) in [5.41, 5.74) is 0.843. The van der Waals surface area contributed by atoms with Gasteiger partial charge >= 0.3 is 5.97 Å². The number of para-hydroxylation sites is 1. The molecule has 0 aromatic heterocycles. The summed E-state index contributed by atoms with van der Waals surface area (Å²) >= 11 is 0. The Hall–Kier alpha value is -2.04. The van der Waals surface area contributed by atoms with E-state index in [4.69, 9.17) is 9.84 Å². The van der Waals surface area contributed by atoms with Crippen molar-refractivity contribution in [3.05, 3.63) is 29.8 Å². The zero-order valence-electron chi connectivity index (χ0n) is 12.4. The number of aliphatic carboxylic acids is 1. The van der Waals surface area contributed by atoms with Crippen LogP contribution in [0.15, 0.2) is 24.3 Å². The van der Waals surface area contributed by atoms with Crippen molar-refractivity contribution in [3.8, 4) is 5.75 Å². The number of nitrogens with zero attached hydrogens (tertiary/aromatic N) is 1. The summed E-state index contributed by atoms with van der Waals surface area (Å²) in [7, 11) is 0. The number of rotatable bonds is 5. The van der Waals surface area contributed by atoms with Gasteiger partial charge in [0.25, 0.3) is 0 Å². The summed E-state index contributed by atoms with van der Waals surface area (Å²) in [5.74, 6) is -0.585. The number of carbonyl (C=O) groups is 2. The highest BCUT2D eigenvalue weighted by molar-refractivity contribution is 5.81. The molecule has 0 aliphatic carbocycles. The van der Waals surface area contributed by atoms with Gasteiger partial charge in [-0.25, -0.2) is 0 Å². The lowest BCUT2D eigenvalue weighted by Crippen LogP contribution is -2.31. The van der Waals surface area contributed by atoms with Crippen LogP contribution in [-0.4, -0.2) is 41.1 Å². The van der Waals surface area contributed by atoms with Crippen molar-refractivity contribution in [3.63, 3.8) is 0 Å². The second-order valence-electron chi connectivity index (χ2n) is 5.61. The van der Waals surface area contributed by atoms with Crippen LogP contribution in [0.3, 0.4) is 0 Å². The Morgan fingerprint density at radius 2 is 2.10 bits per heavy atom. The molecule has 21 heavy (non-hydrogen) atoms. The van der Waals surface area contributed by atoms with E-state index in [9.17, 15) is 9.59 Å². The van der Waals surface area contributed by atoms with Gasteiger partial charge in [0.1, 0.15) is 5.75 Å². The van der Waals surface area contributed by atoms with E-state index >= 15 is 0 Å². The zero-order valence-corrected chi connectivity index (χ0v) is 12.4. The Morgan fingerprint density at radius 3 is 2.71 bits per heavy atom. The van der Waals surface area contributed by atoms with Gasteiger partial charge in [-0.05, 0) is 26.3 Å². The third kappa shape index (κ3) is 3.97. The molecule has 0 spiro atoms. The smallest absolute Gasteiger partial charge is 0.308 e. The lowest BCUT2D eigenvalue weighted by molar-refractivity contribution is -0.141. The molecule has 5 heteroatoms. The fraction of sp³-hybridized carbons (Fsp3) is 0.500. The molecule has 0 saturated carbocycles. The second-order valence-corrected chi connectivity index (χ2v) is 5.61. The number of hydrogen-bond acceptors (Lipinski definition) is 3. The molecule has 1 aromatic carbocycles. The average Bonchev–Trinajstić information content (AvgIpc) is 2.90. The molecular formula is C16H21NO4. The number of carbonyl (C=O) groups excluding carboxylic acids is 1. The molecule has 1 aliphatic rings. The number of likely N-dealkylation sites (tertiary alicyclic amines) is 1. The molecule has 1 atom stereocenters. The molecule has 5 nitrogen and oxygen atoms in total. The molecule has 1 aromatic rings. The van der Waals surface area contributed by atoms with Crippen LogP contribution >= 0.6 is 0 Å². The Labute approximate surface area is 124 Å². The van der Waals surface area contributed by atoms with Crippen molar-refractivity contribution in [2.75, 3.05) is 13.1 Å².